The van der Waals surface area contributed by atoms with Crippen molar-refractivity contribution >= 4 is 0 Å². The quantitative estimate of drug-likeness (QED) is 0.303. The van der Waals surface area contributed by atoms with Crippen LogP contribution in [0.1, 0.15) is 13.3 Å². The van der Waals surface area contributed by atoms with Gasteiger partial charge in [-0.05, 0) is 6.42 Å². The van der Waals surface area contributed by atoms with E-state index in [1.54, 1.807) is 0 Å². The van der Waals surface area contributed by atoms with E-state index in [4.69, 9.17) is 0 Å². The van der Waals surface area contributed by atoms with Crippen LogP contribution in [0.4, 0.5) is 0 Å². The standard InChI is InChI=1S/C4H10O3/c1-3-4-6-7-5-2/h3-4H2,1-2H3. The Kier molecular flexibility index (Phi) is 5.78. The van der Waals surface area contributed by atoms with Crippen LogP contribution in [0.25, 0.3) is 0 Å². The first kappa shape index (κ1) is 6.88. The molecular weight excluding hydrogens is 96.0 g/mol. The predicted octanol–water partition coefficient (Wildman–Crippen LogP) is 0.906. The Bertz CT molecular complexity index is 26.1. The Hall–Kier alpha value is -0.120. The van der Waals surface area contributed by atoms with E-state index in [0.29, 0.717) is 6.61 Å². The molecule has 3 heteroatoms. The van der Waals surface area contributed by atoms with Crippen LogP contribution >= 0.6 is 0 Å². The lowest BCUT2D eigenvalue weighted by Gasteiger charge is -1.93. The Morgan fingerprint density at radius 3 is 2.57 bits per heavy atom. The third-order valence-corrected chi connectivity index (χ3v) is 0.404. The highest BCUT2D eigenvalue weighted by Gasteiger charge is 1.78. The van der Waals surface area contributed by atoms with Crippen molar-refractivity contribution in [2.45, 2.75) is 13.3 Å². The fraction of sp³-hybridized carbons (Fsp3) is 1.00. The lowest BCUT2D eigenvalue weighted by molar-refractivity contribution is -0.502. The van der Waals surface area contributed by atoms with Gasteiger partial charge in [-0.3, -0.25) is 0 Å². The minimum atomic E-state index is 0.577. The molecule has 3 nitrogen and oxygen atoms in total. The summed E-state index contributed by atoms with van der Waals surface area (Å²) in [4.78, 5) is 8.53. The normalized spacial score (nSPS) is 9.43. The molecule has 0 N–H and O–H groups in total. The maximum atomic E-state index is 4.41. The van der Waals surface area contributed by atoms with Crippen molar-refractivity contribution in [1.82, 2.24) is 0 Å². The number of hydrogen-bond donors (Lipinski definition) is 0. The third-order valence-electron chi connectivity index (χ3n) is 0.404. The molecule has 0 aliphatic heterocycles. The molecule has 0 saturated heterocycles. The summed E-state index contributed by atoms with van der Waals surface area (Å²) in [5.41, 5.74) is 0. The molecule has 0 saturated carbocycles. The summed E-state index contributed by atoms with van der Waals surface area (Å²) in [5, 5.41) is 4.07. The van der Waals surface area contributed by atoms with Gasteiger partial charge < -0.3 is 0 Å². The minimum Gasteiger partial charge on any atom is -0.210 e. The van der Waals surface area contributed by atoms with Gasteiger partial charge in [0.15, 0.2) is 0 Å². The van der Waals surface area contributed by atoms with E-state index in [9.17, 15) is 0 Å². The highest BCUT2D eigenvalue weighted by Crippen LogP contribution is 1.79. The van der Waals surface area contributed by atoms with Crippen LogP contribution in [-0.4, -0.2) is 13.7 Å². The summed E-state index contributed by atoms with van der Waals surface area (Å²) < 4.78 is 0. The van der Waals surface area contributed by atoms with Crippen molar-refractivity contribution in [2.75, 3.05) is 13.7 Å². The Labute approximate surface area is 43.0 Å². The molecule has 7 heavy (non-hydrogen) atoms. The average Bonchev–Trinajstić information content (AvgIpc) is 1.69. The molecule has 0 aromatic heterocycles. The maximum absolute atomic E-state index is 4.41. The molecule has 0 fully saturated rings. The van der Waals surface area contributed by atoms with Crippen LogP contribution in [0.15, 0.2) is 0 Å². The van der Waals surface area contributed by atoms with Crippen LogP contribution in [-0.2, 0) is 14.8 Å². The molecule has 0 rings (SSSR count). The number of hydrogen-bond acceptors (Lipinski definition) is 3. The second kappa shape index (κ2) is 5.88. The zero-order chi connectivity index (χ0) is 5.54. The van der Waals surface area contributed by atoms with Crippen LogP contribution in [0.2, 0.25) is 0 Å². The molecule has 0 bridgehead atoms. The topological polar surface area (TPSA) is 27.7 Å². The second-order valence-electron chi connectivity index (χ2n) is 1.06. The van der Waals surface area contributed by atoms with E-state index in [2.05, 4.69) is 14.8 Å². The van der Waals surface area contributed by atoms with Crippen molar-refractivity contribution in [1.29, 1.82) is 0 Å². The van der Waals surface area contributed by atoms with Gasteiger partial charge in [0.2, 0.25) is 0 Å². The van der Waals surface area contributed by atoms with E-state index >= 15 is 0 Å². The smallest absolute Gasteiger partial charge is 0.0851 e. The Morgan fingerprint density at radius 1 is 1.43 bits per heavy atom. The minimum absolute atomic E-state index is 0.577. The van der Waals surface area contributed by atoms with Gasteiger partial charge in [-0.2, -0.15) is 0 Å². The zero-order valence-electron chi connectivity index (χ0n) is 4.64. The molecule has 0 spiro atoms. The van der Waals surface area contributed by atoms with Crippen LogP contribution in [0, 0.1) is 0 Å². The van der Waals surface area contributed by atoms with E-state index in [1.807, 2.05) is 6.92 Å². The average molecular weight is 106 g/mol. The first-order valence-corrected chi connectivity index (χ1v) is 2.24. The molecule has 0 heterocycles. The van der Waals surface area contributed by atoms with Crippen molar-refractivity contribution < 1.29 is 14.8 Å². The lowest BCUT2D eigenvalue weighted by atomic mass is 10.5. The highest BCUT2D eigenvalue weighted by molar-refractivity contribution is 4.13. The van der Waals surface area contributed by atoms with Gasteiger partial charge in [0, 0.05) is 0 Å². The van der Waals surface area contributed by atoms with Crippen molar-refractivity contribution in [3.63, 3.8) is 0 Å². The van der Waals surface area contributed by atoms with E-state index in [1.165, 1.54) is 7.11 Å². The Morgan fingerprint density at radius 2 is 2.14 bits per heavy atom. The van der Waals surface area contributed by atoms with Gasteiger partial charge in [0.25, 0.3) is 0 Å². The maximum Gasteiger partial charge on any atom is 0.0851 e. The molecule has 0 unspecified atom stereocenters. The zero-order valence-corrected chi connectivity index (χ0v) is 4.64. The van der Waals surface area contributed by atoms with Crippen LogP contribution < -0.4 is 0 Å². The summed E-state index contributed by atoms with van der Waals surface area (Å²) in [6, 6.07) is 0. The summed E-state index contributed by atoms with van der Waals surface area (Å²) in [5.74, 6) is 0. The first-order chi connectivity index (χ1) is 3.41. The molecule has 44 valence electrons. The summed E-state index contributed by atoms with van der Waals surface area (Å²) in [6.45, 7) is 2.56. The van der Waals surface area contributed by atoms with Crippen molar-refractivity contribution in [3.05, 3.63) is 0 Å². The van der Waals surface area contributed by atoms with Gasteiger partial charge >= 0.3 is 0 Å². The largest absolute Gasteiger partial charge is 0.210 e. The highest BCUT2D eigenvalue weighted by atomic mass is 17.5. The molecule has 0 atom stereocenters. The molecule has 0 aliphatic carbocycles. The fourth-order valence-corrected chi connectivity index (χ4v) is 0.165. The van der Waals surface area contributed by atoms with E-state index < -0.39 is 0 Å². The van der Waals surface area contributed by atoms with Crippen molar-refractivity contribution in [3.8, 4) is 0 Å². The fourth-order valence-electron chi connectivity index (χ4n) is 0.165. The second-order valence-corrected chi connectivity index (χ2v) is 1.06. The van der Waals surface area contributed by atoms with Crippen molar-refractivity contribution in [2.24, 2.45) is 0 Å². The molecule has 0 aromatic rings. The molecule has 0 amide bonds. The lowest BCUT2D eigenvalue weighted by Crippen LogP contribution is -1.92. The Balaban J connectivity index is 2.45. The summed E-state index contributed by atoms with van der Waals surface area (Å²) in [7, 11) is 1.40. The van der Waals surface area contributed by atoms with E-state index in [0.717, 1.165) is 6.42 Å². The molecule has 0 aromatic carbocycles. The summed E-state index contributed by atoms with van der Waals surface area (Å²) in [6.07, 6.45) is 0.934. The number of rotatable bonds is 4. The summed E-state index contributed by atoms with van der Waals surface area (Å²) >= 11 is 0. The van der Waals surface area contributed by atoms with Gasteiger partial charge in [0.05, 0.1) is 13.7 Å². The van der Waals surface area contributed by atoms with E-state index in [-0.39, 0.29) is 0 Å². The van der Waals surface area contributed by atoms with Gasteiger partial charge in [-0.15, -0.1) is 0 Å². The molecule has 0 radical (unpaired) electrons. The van der Waals surface area contributed by atoms with Gasteiger partial charge in [0.1, 0.15) is 0 Å². The van der Waals surface area contributed by atoms with Gasteiger partial charge in [-0.25, -0.2) is 9.78 Å². The predicted molar refractivity (Wildman–Crippen MR) is 24.3 cm³/mol. The van der Waals surface area contributed by atoms with Gasteiger partial charge in [-0.1, -0.05) is 12.0 Å². The molecular formula is C4H10O3. The van der Waals surface area contributed by atoms with Crippen LogP contribution in [0.5, 0.6) is 0 Å². The third kappa shape index (κ3) is 5.88. The molecule has 0 aliphatic rings. The first-order valence-electron chi connectivity index (χ1n) is 2.24. The van der Waals surface area contributed by atoms with Crippen LogP contribution in [0.3, 0.4) is 0 Å². The monoisotopic (exact) mass is 106 g/mol. The SMILES string of the molecule is CCCOOOC.